The molecule has 3 rings (SSSR count). The molecule has 2 aromatic rings. The Balaban J connectivity index is 1.62. The Kier molecular flexibility index (Phi) is 10.5. The van der Waals surface area contributed by atoms with Crippen molar-refractivity contribution in [3.63, 3.8) is 0 Å². The van der Waals surface area contributed by atoms with Gasteiger partial charge < -0.3 is 19.7 Å². The van der Waals surface area contributed by atoms with Crippen LogP contribution >= 0.6 is 0 Å². The number of nitrogens with one attached hydrogen (secondary N) is 2. The molecular formula is C30H47N7O5. The predicted molar refractivity (Wildman–Crippen MR) is 162 cm³/mol. The van der Waals surface area contributed by atoms with Gasteiger partial charge in [-0.05, 0) is 85.8 Å². The van der Waals surface area contributed by atoms with E-state index in [9.17, 15) is 14.4 Å². The van der Waals surface area contributed by atoms with Gasteiger partial charge in [-0.3, -0.25) is 15.0 Å². The number of pyridine rings is 1. The Labute approximate surface area is 249 Å². The topological polar surface area (TPSA) is 131 Å². The lowest BCUT2D eigenvalue weighted by molar-refractivity contribution is -0.134. The minimum atomic E-state index is -0.622. The fourth-order valence-electron chi connectivity index (χ4n) is 4.77. The first kappa shape index (κ1) is 32.7. The van der Waals surface area contributed by atoms with Crippen molar-refractivity contribution < 1.29 is 23.9 Å². The molecule has 12 heteroatoms. The second-order valence-electron chi connectivity index (χ2n) is 12.8. The lowest BCUT2D eigenvalue weighted by atomic mass is 10.1. The van der Waals surface area contributed by atoms with Crippen LogP contribution in [0.3, 0.4) is 0 Å². The van der Waals surface area contributed by atoms with E-state index in [0.717, 1.165) is 11.4 Å². The van der Waals surface area contributed by atoms with E-state index < -0.39 is 29.4 Å². The van der Waals surface area contributed by atoms with Gasteiger partial charge in [-0.1, -0.05) is 13.0 Å². The summed E-state index contributed by atoms with van der Waals surface area (Å²) >= 11 is 0. The minimum absolute atomic E-state index is 0.0775. The second kappa shape index (κ2) is 13.4. The zero-order chi connectivity index (χ0) is 31.2. The van der Waals surface area contributed by atoms with E-state index in [1.807, 2.05) is 51.6 Å². The van der Waals surface area contributed by atoms with E-state index in [0.29, 0.717) is 50.5 Å². The average molecular weight is 586 g/mol. The van der Waals surface area contributed by atoms with Crippen LogP contribution in [-0.4, -0.2) is 80.0 Å². The van der Waals surface area contributed by atoms with Crippen LogP contribution in [0.5, 0.6) is 0 Å². The van der Waals surface area contributed by atoms with Gasteiger partial charge >= 0.3 is 12.2 Å². The van der Waals surface area contributed by atoms with Crippen LogP contribution in [0.15, 0.2) is 24.4 Å². The van der Waals surface area contributed by atoms with Gasteiger partial charge in [0.15, 0.2) is 0 Å². The molecule has 1 aliphatic heterocycles. The zero-order valence-electron chi connectivity index (χ0n) is 26.5. The molecule has 1 aliphatic rings. The normalized spacial score (nSPS) is 17.1. The summed E-state index contributed by atoms with van der Waals surface area (Å²) in [7, 11) is 1.78. The highest BCUT2D eigenvalue weighted by molar-refractivity contribution is 5.86. The first-order chi connectivity index (χ1) is 19.6. The van der Waals surface area contributed by atoms with Crippen molar-refractivity contribution in [2.24, 2.45) is 5.92 Å². The molecule has 2 aromatic heterocycles. The number of hydrogen-bond donors (Lipinski definition) is 2. The number of ether oxygens (including phenoxy) is 2. The molecule has 2 N–H and O–H groups in total. The largest absolute Gasteiger partial charge is 0.444 e. The molecule has 1 saturated heterocycles. The summed E-state index contributed by atoms with van der Waals surface area (Å²) in [4.78, 5) is 46.1. The molecule has 42 heavy (non-hydrogen) atoms. The number of aromatic nitrogens is 3. The Morgan fingerprint density at radius 1 is 1.07 bits per heavy atom. The zero-order valence-corrected chi connectivity index (χ0v) is 26.5. The number of amides is 3. The average Bonchev–Trinajstić information content (AvgIpc) is 3.44. The van der Waals surface area contributed by atoms with Crippen molar-refractivity contribution in [3.8, 4) is 0 Å². The van der Waals surface area contributed by atoms with E-state index in [1.54, 1.807) is 49.8 Å². The lowest BCUT2D eigenvalue weighted by Gasteiger charge is -2.30. The fraction of sp³-hybridized carbons (Fsp3) is 0.633. The number of hydrogen-bond acceptors (Lipinski definition) is 8. The molecule has 0 saturated carbocycles. The van der Waals surface area contributed by atoms with Crippen LogP contribution in [-0.2, 0) is 27.2 Å². The van der Waals surface area contributed by atoms with Gasteiger partial charge in [-0.15, -0.1) is 0 Å². The van der Waals surface area contributed by atoms with Crippen molar-refractivity contribution >= 4 is 35.5 Å². The summed E-state index contributed by atoms with van der Waals surface area (Å²) in [6.07, 6.45) is 2.79. The van der Waals surface area contributed by atoms with E-state index >= 15 is 0 Å². The number of anilines is 3. The van der Waals surface area contributed by atoms with Gasteiger partial charge in [0, 0.05) is 32.2 Å². The second-order valence-corrected chi connectivity index (χ2v) is 12.8. The Bertz CT molecular complexity index is 1250. The third-order valence-electron chi connectivity index (χ3n) is 6.58. The van der Waals surface area contributed by atoms with Gasteiger partial charge in [0.1, 0.15) is 34.7 Å². The Hall–Kier alpha value is -3.83. The van der Waals surface area contributed by atoms with Crippen molar-refractivity contribution in [2.75, 3.05) is 30.8 Å². The van der Waals surface area contributed by atoms with E-state index in [2.05, 4.69) is 20.7 Å². The van der Waals surface area contributed by atoms with Gasteiger partial charge in [-0.25, -0.2) is 19.3 Å². The Morgan fingerprint density at radius 3 is 2.38 bits per heavy atom. The number of likely N-dealkylation sites (tertiary alicyclic amines) is 1. The van der Waals surface area contributed by atoms with E-state index in [1.165, 1.54) is 0 Å². The maximum Gasteiger partial charge on any atom is 0.413 e. The first-order valence-corrected chi connectivity index (χ1v) is 14.6. The highest BCUT2D eigenvalue weighted by Crippen LogP contribution is 2.27. The summed E-state index contributed by atoms with van der Waals surface area (Å²) in [6, 6.07) is 4.77. The summed E-state index contributed by atoms with van der Waals surface area (Å²) in [6.45, 7) is 16.6. The number of likely N-dealkylation sites (N-methyl/N-ethyl adjacent to an activating group) is 1. The van der Waals surface area contributed by atoms with Crippen LogP contribution in [0.25, 0.3) is 0 Å². The van der Waals surface area contributed by atoms with Gasteiger partial charge in [-0.2, -0.15) is 5.10 Å². The summed E-state index contributed by atoms with van der Waals surface area (Å²) in [5.41, 5.74) is -0.258. The molecule has 0 spiro atoms. The SMILES string of the molecule is CCn1ncc(CCCN(C)C(=O)[C@@H]2C[C@H](C)CN2C(=O)OC(C)(C)C)c1Nc1cccc(NC(=O)OC(C)(C)C)n1. The summed E-state index contributed by atoms with van der Waals surface area (Å²) in [5, 5.41) is 10.5. The minimum Gasteiger partial charge on any atom is -0.444 e. The molecule has 232 valence electrons. The molecule has 0 radical (unpaired) electrons. The third kappa shape index (κ3) is 9.35. The van der Waals surface area contributed by atoms with Crippen LogP contribution < -0.4 is 10.6 Å². The highest BCUT2D eigenvalue weighted by Gasteiger charge is 2.40. The maximum atomic E-state index is 13.4. The maximum absolute atomic E-state index is 13.4. The molecule has 3 heterocycles. The molecule has 12 nitrogen and oxygen atoms in total. The third-order valence-corrected chi connectivity index (χ3v) is 6.58. The molecular weight excluding hydrogens is 538 g/mol. The van der Waals surface area contributed by atoms with Gasteiger partial charge in [0.2, 0.25) is 5.91 Å². The smallest absolute Gasteiger partial charge is 0.413 e. The quantitative estimate of drug-likeness (QED) is 0.399. The van der Waals surface area contributed by atoms with Crippen molar-refractivity contribution in [1.29, 1.82) is 0 Å². The van der Waals surface area contributed by atoms with Crippen LogP contribution in [0.4, 0.5) is 27.0 Å². The Morgan fingerprint density at radius 2 is 1.74 bits per heavy atom. The molecule has 0 aromatic carbocycles. The molecule has 0 bridgehead atoms. The monoisotopic (exact) mass is 585 g/mol. The molecule has 0 unspecified atom stereocenters. The molecule has 0 aliphatic carbocycles. The summed E-state index contributed by atoms with van der Waals surface area (Å²) in [5.74, 6) is 1.85. The van der Waals surface area contributed by atoms with Crippen molar-refractivity contribution in [3.05, 3.63) is 30.0 Å². The van der Waals surface area contributed by atoms with Crippen molar-refractivity contribution in [1.82, 2.24) is 24.6 Å². The van der Waals surface area contributed by atoms with Crippen LogP contribution in [0.2, 0.25) is 0 Å². The van der Waals surface area contributed by atoms with Crippen LogP contribution in [0, 0.1) is 5.92 Å². The number of nitrogens with zero attached hydrogens (tertiary/aromatic N) is 5. The molecule has 3 amide bonds. The molecule has 2 atom stereocenters. The number of carbonyl (C=O) groups excluding carboxylic acids is 3. The van der Waals surface area contributed by atoms with Crippen LogP contribution in [0.1, 0.15) is 73.8 Å². The fourth-order valence-corrected chi connectivity index (χ4v) is 4.77. The number of aryl methyl sites for hydroxylation is 2. The highest BCUT2D eigenvalue weighted by atomic mass is 16.6. The van der Waals surface area contributed by atoms with Crippen molar-refractivity contribution in [2.45, 2.75) is 98.4 Å². The summed E-state index contributed by atoms with van der Waals surface area (Å²) < 4.78 is 12.7. The number of carbonyl (C=O) groups is 3. The van der Waals surface area contributed by atoms with Gasteiger partial charge in [0.05, 0.1) is 6.20 Å². The molecule has 1 fully saturated rings. The predicted octanol–water partition coefficient (Wildman–Crippen LogP) is 5.43. The standard InChI is InChI=1S/C30H47N7O5/c1-10-37-25(33-23-14-11-15-24(32-23)34-27(39)41-29(3,4)5)21(18-31-37)13-12-16-35(9)26(38)22-17-20(2)19-36(22)28(40)42-30(6,7)8/h11,14-15,18,20,22H,10,12-13,16-17,19H2,1-9H3,(H2,32,33,34,39)/t20-,22-/m0/s1. The van der Waals surface area contributed by atoms with E-state index in [4.69, 9.17) is 9.47 Å². The van der Waals surface area contributed by atoms with E-state index in [-0.39, 0.29) is 11.8 Å². The number of rotatable bonds is 9. The first-order valence-electron chi connectivity index (χ1n) is 14.6. The lowest BCUT2D eigenvalue weighted by Crippen LogP contribution is -2.48. The van der Waals surface area contributed by atoms with Gasteiger partial charge in [0.25, 0.3) is 0 Å².